The second-order valence-corrected chi connectivity index (χ2v) is 8.10. The minimum atomic E-state index is -0.136. The van der Waals surface area contributed by atoms with Gasteiger partial charge in [0.05, 0.1) is 11.8 Å². The fourth-order valence-corrected chi connectivity index (χ4v) is 4.48. The van der Waals surface area contributed by atoms with Crippen molar-refractivity contribution in [1.82, 2.24) is 5.32 Å². The average molecular weight is 374 g/mol. The monoisotopic (exact) mass is 373 g/mol. The molecule has 0 unspecified atom stereocenters. The molecule has 3 fully saturated rings. The largest absolute Gasteiger partial charge is 0.486 e. The highest BCUT2D eigenvalue weighted by Crippen LogP contribution is 2.69. The Bertz CT molecular complexity index is 839. The summed E-state index contributed by atoms with van der Waals surface area (Å²) in [6.07, 6.45) is 6.00. The summed E-state index contributed by atoms with van der Waals surface area (Å²) in [5, 5.41) is 3.76. The van der Waals surface area contributed by atoms with E-state index in [0.29, 0.717) is 22.8 Å². The van der Waals surface area contributed by atoms with Crippen molar-refractivity contribution in [1.29, 1.82) is 0 Å². The predicted molar refractivity (Wildman–Crippen MR) is 96.5 cm³/mol. The highest BCUT2D eigenvalue weighted by atomic mass is 35.5. The zero-order valence-electron chi connectivity index (χ0n) is 14.5. The molecule has 1 amide bonds. The Labute approximate surface area is 156 Å². The minimum absolute atomic E-state index is 0.0417. The third-order valence-corrected chi connectivity index (χ3v) is 5.83. The SMILES string of the molecule is Cc1cc(OCC(=O)CC23CC(NC(=O)c4ccoc4)(C2)C3)ccc1Cl. The number of aryl methyl sites for hydroxylation is 1. The van der Waals surface area contributed by atoms with Crippen LogP contribution in [0.25, 0.3) is 0 Å². The molecule has 3 saturated carbocycles. The molecule has 3 aliphatic carbocycles. The van der Waals surface area contributed by atoms with Gasteiger partial charge < -0.3 is 14.5 Å². The van der Waals surface area contributed by atoms with Crippen molar-refractivity contribution >= 4 is 23.3 Å². The van der Waals surface area contributed by atoms with Crippen molar-refractivity contribution in [2.24, 2.45) is 5.41 Å². The minimum Gasteiger partial charge on any atom is -0.486 e. The number of hydrogen-bond acceptors (Lipinski definition) is 4. The fraction of sp³-hybridized carbons (Fsp3) is 0.400. The van der Waals surface area contributed by atoms with E-state index in [0.717, 1.165) is 24.8 Å². The van der Waals surface area contributed by atoms with Gasteiger partial charge in [-0.05, 0) is 61.4 Å². The first kappa shape index (κ1) is 17.2. The van der Waals surface area contributed by atoms with Crippen molar-refractivity contribution < 1.29 is 18.7 Å². The van der Waals surface area contributed by atoms with Crippen LogP contribution in [0.1, 0.15) is 41.6 Å². The van der Waals surface area contributed by atoms with E-state index in [1.165, 1.54) is 12.5 Å². The van der Waals surface area contributed by atoms with Crippen LogP contribution in [0, 0.1) is 12.3 Å². The van der Waals surface area contributed by atoms with Crippen LogP contribution in [-0.4, -0.2) is 23.8 Å². The number of amides is 1. The molecule has 0 spiro atoms. The Morgan fingerprint density at radius 2 is 2.04 bits per heavy atom. The molecule has 1 aromatic heterocycles. The van der Waals surface area contributed by atoms with Gasteiger partial charge in [-0.25, -0.2) is 0 Å². The summed E-state index contributed by atoms with van der Waals surface area (Å²) in [5.74, 6) is 0.633. The number of ketones is 1. The molecule has 26 heavy (non-hydrogen) atoms. The van der Waals surface area contributed by atoms with Gasteiger partial charge in [0, 0.05) is 17.0 Å². The first-order valence-electron chi connectivity index (χ1n) is 8.64. The summed E-state index contributed by atoms with van der Waals surface area (Å²) < 4.78 is 10.5. The number of Topliss-reactive ketones (excluding diaryl/α,β-unsaturated/α-hetero) is 1. The van der Waals surface area contributed by atoms with Gasteiger partial charge in [-0.1, -0.05) is 11.6 Å². The van der Waals surface area contributed by atoms with Crippen molar-refractivity contribution in [2.75, 3.05) is 6.61 Å². The number of hydrogen-bond donors (Lipinski definition) is 1. The van der Waals surface area contributed by atoms with E-state index in [4.69, 9.17) is 20.8 Å². The van der Waals surface area contributed by atoms with E-state index >= 15 is 0 Å². The molecule has 1 aromatic carbocycles. The number of benzene rings is 1. The van der Waals surface area contributed by atoms with Gasteiger partial charge in [0.2, 0.25) is 0 Å². The number of ether oxygens (including phenoxy) is 1. The molecule has 1 N–H and O–H groups in total. The van der Waals surface area contributed by atoms with Crippen LogP contribution < -0.4 is 10.1 Å². The molecule has 1 heterocycles. The number of carbonyl (C=O) groups excluding carboxylic acids is 2. The third-order valence-electron chi connectivity index (χ3n) is 5.40. The van der Waals surface area contributed by atoms with Gasteiger partial charge in [0.1, 0.15) is 18.6 Å². The molecule has 5 rings (SSSR count). The molecular formula is C20H20ClNO4. The van der Waals surface area contributed by atoms with Crippen LogP contribution >= 0.6 is 11.6 Å². The molecule has 2 bridgehead atoms. The van der Waals surface area contributed by atoms with Crippen LogP contribution in [0.5, 0.6) is 5.75 Å². The zero-order valence-corrected chi connectivity index (χ0v) is 15.3. The van der Waals surface area contributed by atoms with E-state index in [1.54, 1.807) is 18.2 Å². The number of halogens is 1. The van der Waals surface area contributed by atoms with Crippen LogP contribution in [0.3, 0.4) is 0 Å². The van der Waals surface area contributed by atoms with Crippen LogP contribution in [0.15, 0.2) is 41.2 Å². The topological polar surface area (TPSA) is 68.5 Å². The molecule has 5 nitrogen and oxygen atoms in total. The highest BCUT2D eigenvalue weighted by Gasteiger charge is 2.68. The quantitative estimate of drug-likeness (QED) is 0.798. The van der Waals surface area contributed by atoms with E-state index in [9.17, 15) is 9.59 Å². The number of furan rings is 1. The lowest BCUT2D eigenvalue weighted by atomic mass is 9.38. The highest BCUT2D eigenvalue weighted by molar-refractivity contribution is 6.31. The Morgan fingerprint density at radius 3 is 2.69 bits per heavy atom. The number of rotatable bonds is 7. The molecule has 2 aromatic rings. The van der Waals surface area contributed by atoms with E-state index in [1.807, 2.05) is 13.0 Å². The molecular weight excluding hydrogens is 354 g/mol. The van der Waals surface area contributed by atoms with Crippen molar-refractivity contribution in [2.45, 2.75) is 38.1 Å². The predicted octanol–water partition coefficient (Wildman–Crippen LogP) is 3.93. The van der Waals surface area contributed by atoms with E-state index < -0.39 is 0 Å². The maximum absolute atomic E-state index is 12.3. The van der Waals surface area contributed by atoms with Crippen LogP contribution in [0.2, 0.25) is 5.02 Å². The molecule has 0 aliphatic heterocycles. The summed E-state index contributed by atoms with van der Waals surface area (Å²) in [7, 11) is 0. The molecule has 3 aliphatic rings. The van der Waals surface area contributed by atoms with Gasteiger partial charge in [0.25, 0.3) is 5.91 Å². The smallest absolute Gasteiger partial charge is 0.254 e. The second kappa shape index (κ2) is 6.16. The Balaban J connectivity index is 1.23. The van der Waals surface area contributed by atoms with E-state index in [2.05, 4.69) is 5.32 Å². The lowest BCUT2D eigenvalue weighted by molar-refractivity contribution is -0.162. The summed E-state index contributed by atoms with van der Waals surface area (Å²) in [6.45, 7) is 1.97. The maximum Gasteiger partial charge on any atom is 0.254 e. The fourth-order valence-electron chi connectivity index (χ4n) is 4.36. The summed E-state index contributed by atoms with van der Waals surface area (Å²) in [4.78, 5) is 24.4. The third kappa shape index (κ3) is 3.12. The van der Waals surface area contributed by atoms with Gasteiger partial charge in [-0.2, -0.15) is 0 Å². The summed E-state index contributed by atoms with van der Waals surface area (Å²) in [6, 6.07) is 7.02. The Kier molecular flexibility index (Phi) is 4.07. The molecule has 136 valence electrons. The summed E-state index contributed by atoms with van der Waals surface area (Å²) >= 11 is 5.99. The normalized spacial score (nSPS) is 25.8. The lowest BCUT2D eigenvalue weighted by Gasteiger charge is -2.70. The first-order chi connectivity index (χ1) is 12.4. The van der Waals surface area contributed by atoms with Crippen molar-refractivity contribution in [3.63, 3.8) is 0 Å². The molecule has 6 heteroatoms. The van der Waals surface area contributed by atoms with Gasteiger partial charge >= 0.3 is 0 Å². The number of nitrogens with one attached hydrogen (secondary N) is 1. The van der Waals surface area contributed by atoms with Crippen molar-refractivity contribution in [3.05, 3.63) is 52.9 Å². The summed E-state index contributed by atoms with van der Waals surface area (Å²) in [5.41, 5.74) is 1.36. The maximum atomic E-state index is 12.3. The second-order valence-electron chi connectivity index (χ2n) is 7.69. The standard InChI is InChI=1S/C20H20ClNO4/c1-13-6-16(2-3-17(13)21)26-9-15(23)7-19-10-20(11-19,12-19)22-18(24)14-4-5-25-8-14/h2-6,8H,7,9-12H2,1H3,(H,22,24). The van der Waals surface area contributed by atoms with E-state index in [-0.39, 0.29) is 29.3 Å². The molecule has 0 saturated heterocycles. The zero-order chi connectivity index (χ0) is 18.4. The molecule has 0 radical (unpaired) electrons. The van der Waals surface area contributed by atoms with Crippen molar-refractivity contribution in [3.8, 4) is 5.75 Å². The van der Waals surface area contributed by atoms with Gasteiger partial charge in [-0.3, -0.25) is 9.59 Å². The van der Waals surface area contributed by atoms with Crippen LogP contribution in [0.4, 0.5) is 0 Å². The number of carbonyl (C=O) groups is 2. The first-order valence-corrected chi connectivity index (χ1v) is 9.02. The molecule has 0 atom stereocenters. The lowest BCUT2D eigenvalue weighted by Crippen LogP contribution is -2.75. The Morgan fingerprint density at radius 1 is 1.27 bits per heavy atom. The van der Waals surface area contributed by atoms with Gasteiger partial charge in [0.15, 0.2) is 5.78 Å². The van der Waals surface area contributed by atoms with Gasteiger partial charge in [-0.15, -0.1) is 0 Å². The average Bonchev–Trinajstić information content (AvgIpc) is 3.07. The Hall–Kier alpha value is -2.27. The van der Waals surface area contributed by atoms with Crippen LogP contribution in [-0.2, 0) is 4.79 Å².